The number of carbonyl (C=O) groups is 1. The van der Waals surface area contributed by atoms with E-state index in [1.807, 2.05) is 4.90 Å². The monoisotopic (exact) mass is 384 g/mol. The molecule has 0 bridgehead atoms. The van der Waals surface area contributed by atoms with Crippen molar-refractivity contribution in [2.45, 2.75) is 25.4 Å². The van der Waals surface area contributed by atoms with Gasteiger partial charge in [-0.15, -0.1) is 0 Å². The maximum Gasteiger partial charge on any atom is 0.417 e. The zero-order valence-corrected chi connectivity index (χ0v) is 14.4. The summed E-state index contributed by atoms with van der Waals surface area (Å²) in [5, 5.41) is 1.98. The standard InChI is InChI=1S/C17H16ClF3N4O/c18-14-5-4-12(8-13(14)17(19,20)21)24-15(26)11-9-22-16(23-10-11)25-6-2-1-3-7-25/h4-5,8-10H,1-3,6-7H2,(H,24,26). The van der Waals surface area contributed by atoms with E-state index >= 15 is 0 Å². The molecular formula is C17H16ClF3N4O. The minimum absolute atomic E-state index is 0.00756. The molecule has 0 atom stereocenters. The van der Waals surface area contributed by atoms with Crippen LogP contribution in [0.1, 0.15) is 35.2 Å². The summed E-state index contributed by atoms with van der Waals surface area (Å²) in [6, 6.07) is 3.19. The molecule has 9 heteroatoms. The number of benzene rings is 1. The zero-order chi connectivity index (χ0) is 18.7. The van der Waals surface area contributed by atoms with Gasteiger partial charge < -0.3 is 10.2 Å². The van der Waals surface area contributed by atoms with Crippen LogP contribution in [0, 0.1) is 0 Å². The Bertz CT molecular complexity index is 790. The van der Waals surface area contributed by atoms with Crippen molar-refractivity contribution in [2.75, 3.05) is 23.3 Å². The molecule has 1 aliphatic rings. The molecule has 0 aliphatic carbocycles. The number of nitrogens with one attached hydrogen (secondary N) is 1. The minimum atomic E-state index is -4.60. The highest BCUT2D eigenvalue weighted by Crippen LogP contribution is 2.36. The lowest BCUT2D eigenvalue weighted by Gasteiger charge is -2.26. The molecule has 5 nitrogen and oxygen atoms in total. The third kappa shape index (κ3) is 4.24. The van der Waals surface area contributed by atoms with Gasteiger partial charge in [0.15, 0.2) is 0 Å². The summed E-state index contributed by atoms with van der Waals surface area (Å²) in [6.45, 7) is 1.74. The Hall–Kier alpha value is -2.35. The minimum Gasteiger partial charge on any atom is -0.341 e. The van der Waals surface area contributed by atoms with Crippen LogP contribution in [0.5, 0.6) is 0 Å². The van der Waals surface area contributed by atoms with Crippen LogP contribution < -0.4 is 10.2 Å². The van der Waals surface area contributed by atoms with Crippen LogP contribution in [0.25, 0.3) is 0 Å². The molecular weight excluding hydrogens is 369 g/mol. The average Bonchev–Trinajstić information content (AvgIpc) is 2.63. The second-order valence-corrected chi connectivity index (χ2v) is 6.37. The summed E-state index contributed by atoms with van der Waals surface area (Å²) >= 11 is 5.57. The smallest absolute Gasteiger partial charge is 0.341 e. The summed E-state index contributed by atoms with van der Waals surface area (Å²) in [7, 11) is 0. The molecule has 1 N–H and O–H groups in total. The van der Waals surface area contributed by atoms with Crippen molar-refractivity contribution in [2.24, 2.45) is 0 Å². The molecule has 0 unspecified atom stereocenters. The number of anilines is 2. The van der Waals surface area contributed by atoms with E-state index in [9.17, 15) is 18.0 Å². The highest BCUT2D eigenvalue weighted by Gasteiger charge is 2.33. The van der Waals surface area contributed by atoms with Gasteiger partial charge in [-0.2, -0.15) is 13.2 Å². The van der Waals surface area contributed by atoms with Gasteiger partial charge in [-0.05, 0) is 37.5 Å². The van der Waals surface area contributed by atoms with Crippen molar-refractivity contribution < 1.29 is 18.0 Å². The zero-order valence-electron chi connectivity index (χ0n) is 13.7. The van der Waals surface area contributed by atoms with Crippen LogP contribution in [-0.4, -0.2) is 29.0 Å². The van der Waals surface area contributed by atoms with Crippen molar-refractivity contribution in [3.05, 3.63) is 46.7 Å². The molecule has 0 radical (unpaired) electrons. The highest BCUT2D eigenvalue weighted by molar-refractivity contribution is 6.31. The molecule has 3 rings (SSSR count). The van der Waals surface area contributed by atoms with Crippen LogP contribution in [0.3, 0.4) is 0 Å². The number of amides is 1. The molecule has 1 aromatic carbocycles. The van der Waals surface area contributed by atoms with Crippen molar-refractivity contribution in [3.8, 4) is 0 Å². The fourth-order valence-electron chi connectivity index (χ4n) is 2.72. The molecule has 0 saturated carbocycles. The van der Waals surface area contributed by atoms with E-state index in [1.165, 1.54) is 24.9 Å². The lowest BCUT2D eigenvalue weighted by Crippen LogP contribution is -2.31. The third-order valence-corrected chi connectivity index (χ3v) is 4.40. The van der Waals surface area contributed by atoms with Gasteiger partial charge in [-0.25, -0.2) is 9.97 Å². The maximum absolute atomic E-state index is 12.9. The number of carbonyl (C=O) groups excluding carboxylic acids is 1. The summed E-state index contributed by atoms with van der Waals surface area (Å²) < 4.78 is 38.7. The van der Waals surface area contributed by atoms with Gasteiger partial charge in [-0.3, -0.25) is 4.79 Å². The van der Waals surface area contributed by atoms with Crippen LogP contribution in [-0.2, 0) is 6.18 Å². The molecule has 1 aromatic heterocycles. The maximum atomic E-state index is 12.9. The molecule has 0 spiro atoms. The fraction of sp³-hybridized carbons (Fsp3) is 0.353. The van der Waals surface area contributed by atoms with E-state index in [0.29, 0.717) is 5.95 Å². The summed E-state index contributed by atoms with van der Waals surface area (Å²) in [6.07, 6.45) is 1.46. The molecule has 138 valence electrons. The number of aromatic nitrogens is 2. The second kappa shape index (κ2) is 7.49. The topological polar surface area (TPSA) is 58.1 Å². The lowest BCUT2D eigenvalue weighted by atomic mass is 10.1. The van der Waals surface area contributed by atoms with E-state index in [-0.39, 0.29) is 11.3 Å². The molecule has 2 heterocycles. The fourth-order valence-corrected chi connectivity index (χ4v) is 2.94. The van der Waals surface area contributed by atoms with E-state index in [4.69, 9.17) is 11.6 Å². The quantitative estimate of drug-likeness (QED) is 0.852. The Morgan fingerprint density at radius 1 is 1.12 bits per heavy atom. The number of hydrogen-bond donors (Lipinski definition) is 1. The van der Waals surface area contributed by atoms with Crippen LogP contribution in [0.2, 0.25) is 5.02 Å². The largest absolute Gasteiger partial charge is 0.417 e. The second-order valence-electron chi connectivity index (χ2n) is 5.97. The van der Waals surface area contributed by atoms with E-state index in [2.05, 4.69) is 15.3 Å². The average molecular weight is 385 g/mol. The van der Waals surface area contributed by atoms with Crippen LogP contribution in [0.15, 0.2) is 30.6 Å². The van der Waals surface area contributed by atoms with Crippen molar-refractivity contribution in [1.82, 2.24) is 9.97 Å². The summed E-state index contributed by atoms with van der Waals surface area (Å²) in [4.78, 5) is 22.6. The number of halogens is 4. The van der Waals surface area contributed by atoms with Gasteiger partial charge in [0.2, 0.25) is 5.95 Å². The predicted molar refractivity (Wildman–Crippen MR) is 92.5 cm³/mol. The summed E-state index contributed by atoms with van der Waals surface area (Å²) in [5.74, 6) is -0.0438. The molecule has 1 aliphatic heterocycles. The van der Waals surface area contributed by atoms with E-state index < -0.39 is 22.7 Å². The first kappa shape index (κ1) is 18.4. The first-order valence-corrected chi connectivity index (χ1v) is 8.47. The van der Waals surface area contributed by atoms with Gasteiger partial charge in [-0.1, -0.05) is 11.6 Å². The van der Waals surface area contributed by atoms with Gasteiger partial charge in [0, 0.05) is 31.2 Å². The van der Waals surface area contributed by atoms with Gasteiger partial charge in [0.1, 0.15) is 0 Å². The molecule has 26 heavy (non-hydrogen) atoms. The van der Waals surface area contributed by atoms with Crippen molar-refractivity contribution in [3.63, 3.8) is 0 Å². The van der Waals surface area contributed by atoms with Crippen molar-refractivity contribution in [1.29, 1.82) is 0 Å². The first-order valence-electron chi connectivity index (χ1n) is 8.10. The Labute approximate surface area is 153 Å². The number of rotatable bonds is 3. The molecule has 2 aromatic rings. The lowest BCUT2D eigenvalue weighted by molar-refractivity contribution is -0.137. The van der Waals surface area contributed by atoms with Gasteiger partial charge >= 0.3 is 6.18 Å². The molecule has 1 fully saturated rings. The highest BCUT2D eigenvalue weighted by atomic mass is 35.5. The SMILES string of the molecule is O=C(Nc1ccc(Cl)c(C(F)(F)F)c1)c1cnc(N2CCCCC2)nc1. The first-order chi connectivity index (χ1) is 12.3. The summed E-state index contributed by atoms with van der Waals surface area (Å²) in [5.41, 5.74) is -0.852. The van der Waals surface area contributed by atoms with E-state index in [0.717, 1.165) is 38.1 Å². The molecule has 1 amide bonds. The Balaban J connectivity index is 1.72. The van der Waals surface area contributed by atoms with Crippen LogP contribution in [0.4, 0.5) is 24.8 Å². The number of nitrogens with zero attached hydrogens (tertiary/aromatic N) is 3. The predicted octanol–water partition coefficient (Wildman–Crippen LogP) is 4.39. The van der Waals surface area contributed by atoms with Crippen LogP contribution >= 0.6 is 11.6 Å². The molecule has 1 saturated heterocycles. The third-order valence-electron chi connectivity index (χ3n) is 4.07. The Kier molecular flexibility index (Phi) is 5.31. The number of alkyl halides is 3. The van der Waals surface area contributed by atoms with Gasteiger partial charge in [0.05, 0.1) is 16.1 Å². The number of hydrogen-bond acceptors (Lipinski definition) is 4. The number of piperidine rings is 1. The van der Waals surface area contributed by atoms with E-state index in [1.54, 1.807) is 0 Å². The van der Waals surface area contributed by atoms with Crippen molar-refractivity contribution >= 4 is 29.1 Å². The normalized spacial score (nSPS) is 15.0. The van der Waals surface area contributed by atoms with Gasteiger partial charge in [0.25, 0.3) is 5.91 Å². The Morgan fingerprint density at radius 3 is 2.38 bits per heavy atom. The Morgan fingerprint density at radius 2 is 1.77 bits per heavy atom.